The first-order valence-corrected chi connectivity index (χ1v) is 8.06. The van der Waals surface area contributed by atoms with Crippen LogP contribution in [0.2, 0.25) is 0 Å². The average molecular weight is 383 g/mol. The molecule has 0 radical (unpaired) electrons. The van der Waals surface area contributed by atoms with E-state index in [1.807, 2.05) is 29.5 Å². The highest BCUT2D eigenvalue weighted by Crippen LogP contribution is 2.08. The summed E-state index contributed by atoms with van der Waals surface area (Å²) in [6, 6.07) is 0. The number of carbonyl (C=O) groups is 2. The Morgan fingerprint density at radius 2 is 1.79 bits per heavy atom. The Labute approximate surface area is 128 Å². The first-order valence-electron chi connectivity index (χ1n) is 6.82. The monoisotopic (exact) mass is 383 g/mol. The molecule has 0 aromatic rings. The fourth-order valence-electron chi connectivity index (χ4n) is 1.90. The molecular formula is C13H22INO4. The second-order valence-electron chi connectivity index (χ2n) is 4.60. The van der Waals surface area contributed by atoms with Gasteiger partial charge in [-0.2, -0.15) is 0 Å². The van der Waals surface area contributed by atoms with E-state index < -0.39 is 0 Å². The molecule has 0 aromatic carbocycles. The zero-order valence-corrected chi connectivity index (χ0v) is 13.6. The van der Waals surface area contributed by atoms with Crippen LogP contribution in [0.4, 0.5) is 0 Å². The lowest BCUT2D eigenvalue weighted by Crippen LogP contribution is -2.35. The van der Waals surface area contributed by atoms with Crippen molar-refractivity contribution in [2.75, 3.05) is 32.8 Å². The molecule has 1 fully saturated rings. The molecule has 0 amide bonds. The Morgan fingerprint density at radius 1 is 1.16 bits per heavy atom. The topological polar surface area (TPSA) is 55.8 Å². The van der Waals surface area contributed by atoms with E-state index in [0.29, 0.717) is 6.54 Å². The van der Waals surface area contributed by atoms with Crippen LogP contribution in [0.1, 0.15) is 32.6 Å². The summed E-state index contributed by atoms with van der Waals surface area (Å²) >= 11 is 2.04. The second-order valence-corrected chi connectivity index (χ2v) is 6.10. The van der Waals surface area contributed by atoms with E-state index in [0.717, 1.165) is 32.4 Å². The molecule has 1 unspecified atom stereocenters. The molecule has 0 aliphatic carbocycles. The number of likely N-dealkylation sites (tertiary alicyclic amines) is 1. The van der Waals surface area contributed by atoms with Crippen molar-refractivity contribution in [2.24, 2.45) is 0 Å². The van der Waals surface area contributed by atoms with Crippen molar-refractivity contribution in [1.82, 2.24) is 4.90 Å². The van der Waals surface area contributed by atoms with Crippen LogP contribution in [0.3, 0.4) is 0 Å². The van der Waals surface area contributed by atoms with Gasteiger partial charge < -0.3 is 9.47 Å². The zero-order chi connectivity index (χ0) is 14.1. The lowest BCUT2D eigenvalue weighted by Gasteiger charge is -2.25. The maximum Gasteiger partial charge on any atom is 0.320 e. The molecule has 6 heteroatoms. The fourth-order valence-corrected chi connectivity index (χ4v) is 2.08. The van der Waals surface area contributed by atoms with E-state index in [-0.39, 0.29) is 29.1 Å². The number of carbonyl (C=O) groups excluding carboxylic acids is 2. The summed E-state index contributed by atoms with van der Waals surface area (Å²) < 4.78 is 9.92. The van der Waals surface area contributed by atoms with Gasteiger partial charge in [-0.3, -0.25) is 14.5 Å². The van der Waals surface area contributed by atoms with Gasteiger partial charge in [0.1, 0.15) is 17.1 Å². The van der Waals surface area contributed by atoms with Gasteiger partial charge >= 0.3 is 11.9 Å². The number of alkyl halides is 1. The van der Waals surface area contributed by atoms with E-state index in [9.17, 15) is 9.59 Å². The van der Waals surface area contributed by atoms with Crippen molar-refractivity contribution in [2.45, 2.75) is 36.5 Å². The average Bonchev–Trinajstić information content (AvgIpc) is 2.43. The fraction of sp³-hybridized carbons (Fsp3) is 0.846. The Bertz CT molecular complexity index is 292. The molecule has 1 rings (SSSR count). The summed E-state index contributed by atoms with van der Waals surface area (Å²) in [5.74, 6) is -0.477. The maximum absolute atomic E-state index is 11.5. The van der Waals surface area contributed by atoms with Crippen LogP contribution in [-0.2, 0) is 19.1 Å². The predicted molar refractivity (Wildman–Crippen MR) is 80.3 cm³/mol. The molecule has 0 N–H and O–H groups in total. The number of ether oxygens (including phenoxy) is 2. The van der Waals surface area contributed by atoms with Crippen LogP contribution in [0.25, 0.3) is 0 Å². The Kier molecular flexibility index (Phi) is 8.36. The largest absolute Gasteiger partial charge is 0.461 e. The van der Waals surface area contributed by atoms with Gasteiger partial charge in [0.15, 0.2) is 0 Å². The summed E-state index contributed by atoms with van der Waals surface area (Å²) in [5.41, 5.74) is 0. The zero-order valence-electron chi connectivity index (χ0n) is 11.4. The summed E-state index contributed by atoms with van der Waals surface area (Å²) in [7, 11) is 0. The Morgan fingerprint density at radius 3 is 2.42 bits per heavy atom. The molecule has 1 aliphatic heterocycles. The highest BCUT2D eigenvalue weighted by molar-refractivity contribution is 14.1. The summed E-state index contributed by atoms with van der Waals surface area (Å²) in [5, 5.41) is 0. The molecule has 110 valence electrons. The molecule has 0 aromatic heterocycles. The molecule has 1 saturated heterocycles. The number of hydrogen-bond acceptors (Lipinski definition) is 5. The minimum absolute atomic E-state index is 0.123. The third kappa shape index (κ3) is 7.10. The Hall–Kier alpha value is -0.370. The lowest BCUT2D eigenvalue weighted by molar-refractivity contribution is -0.152. The van der Waals surface area contributed by atoms with Crippen LogP contribution in [0.5, 0.6) is 0 Å². The molecule has 0 saturated carbocycles. The summed E-state index contributed by atoms with van der Waals surface area (Å²) in [4.78, 5) is 25.0. The van der Waals surface area contributed by atoms with Crippen molar-refractivity contribution < 1.29 is 19.1 Å². The van der Waals surface area contributed by atoms with Gasteiger partial charge in [-0.25, -0.2) is 0 Å². The van der Waals surface area contributed by atoms with Gasteiger partial charge in [0.25, 0.3) is 0 Å². The van der Waals surface area contributed by atoms with E-state index in [4.69, 9.17) is 9.47 Å². The highest BCUT2D eigenvalue weighted by atomic mass is 127. The number of rotatable bonds is 7. The maximum atomic E-state index is 11.5. The SMILES string of the molecule is CCC(I)C(=O)OCCOC(=O)CN1CCCCC1. The molecular weight excluding hydrogens is 361 g/mol. The van der Waals surface area contributed by atoms with Gasteiger partial charge in [0.2, 0.25) is 0 Å². The number of esters is 2. The van der Waals surface area contributed by atoms with E-state index in [2.05, 4.69) is 4.90 Å². The molecule has 19 heavy (non-hydrogen) atoms. The molecule has 1 atom stereocenters. The lowest BCUT2D eigenvalue weighted by atomic mass is 10.1. The van der Waals surface area contributed by atoms with Gasteiger partial charge in [-0.1, -0.05) is 35.9 Å². The van der Waals surface area contributed by atoms with Crippen LogP contribution in [0.15, 0.2) is 0 Å². The van der Waals surface area contributed by atoms with E-state index in [1.54, 1.807) is 0 Å². The molecule has 0 bridgehead atoms. The van der Waals surface area contributed by atoms with Crippen molar-refractivity contribution in [3.63, 3.8) is 0 Å². The molecule has 1 aliphatic rings. The minimum Gasteiger partial charge on any atom is -0.461 e. The van der Waals surface area contributed by atoms with Crippen LogP contribution >= 0.6 is 22.6 Å². The minimum atomic E-state index is -0.241. The quantitative estimate of drug-likeness (QED) is 0.290. The third-order valence-corrected chi connectivity index (χ3v) is 4.40. The number of hydrogen-bond donors (Lipinski definition) is 0. The van der Waals surface area contributed by atoms with Gasteiger partial charge in [0, 0.05) is 0 Å². The first kappa shape index (κ1) is 16.7. The van der Waals surface area contributed by atoms with Gasteiger partial charge in [-0.15, -0.1) is 0 Å². The van der Waals surface area contributed by atoms with E-state index in [1.165, 1.54) is 6.42 Å². The predicted octanol–water partition coefficient (Wildman–Crippen LogP) is 1.77. The molecule has 5 nitrogen and oxygen atoms in total. The summed E-state index contributed by atoms with van der Waals surface area (Å²) in [6.07, 6.45) is 4.29. The van der Waals surface area contributed by atoms with Crippen molar-refractivity contribution in [3.05, 3.63) is 0 Å². The number of halogens is 1. The van der Waals surface area contributed by atoms with Crippen molar-refractivity contribution in [1.29, 1.82) is 0 Å². The van der Waals surface area contributed by atoms with Crippen LogP contribution < -0.4 is 0 Å². The van der Waals surface area contributed by atoms with Gasteiger partial charge in [0.05, 0.1) is 6.54 Å². The first-order chi connectivity index (χ1) is 9.13. The van der Waals surface area contributed by atoms with E-state index >= 15 is 0 Å². The van der Waals surface area contributed by atoms with Crippen molar-refractivity contribution in [3.8, 4) is 0 Å². The number of nitrogens with zero attached hydrogens (tertiary/aromatic N) is 1. The second kappa shape index (κ2) is 9.52. The normalized spacial score (nSPS) is 17.8. The summed E-state index contributed by atoms with van der Waals surface area (Å²) in [6.45, 7) is 4.50. The molecule has 1 heterocycles. The van der Waals surface area contributed by atoms with Crippen LogP contribution in [0, 0.1) is 0 Å². The Balaban J connectivity index is 2.05. The molecule has 0 spiro atoms. The standard InChI is InChI=1S/C13H22INO4/c1-2-11(14)13(17)19-9-8-18-12(16)10-15-6-4-3-5-7-15/h11H,2-10H2,1H3. The smallest absolute Gasteiger partial charge is 0.320 e. The number of piperidine rings is 1. The van der Waals surface area contributed by atoms with Crippen LogP contribution in [-0.4, -0.2) is 53.6 Å². The third-order valence-electron chi connectivity index (χ3n) is 3.01. The van der Waals surface area contributed by atoms with Crippen molar-refractivity contribution >= 4 is 34.5 Å². The van der Waals surface area contributed by atoms with Gasteiger partial charge in [-0.05, 0) is 32.4 Å². The highest BCUT2D eigenvalue weighted by Gasteiger charge is 2.16.